The summed E-state index contributed by atoms with van der Waals surface area (Å²) in [6, 6.07) is 9.34. The summed E-state index contributed by atoms with van der Waals surface area (Å²) in [5.41, 5.74) is 1.61. The van der Waals surface area contributed by atoms with Gasteiger partial charge in [0.1, 0.15) is 0 Å². The van der Waals surface area contributed by atoms with Gasteiger partial charge in [-0.05, 0) is 57.9 Å². The van der Waals surface area contributed by atoms with E-state index in [9.17, 15) is 0 Å². The Morgan fingerprint density at radius 3 is 2.84 bits per heavy atom. The first-order valence-corrected chi connectivity index (χ1v) is 7.97. The van der Waals surface area contributed by atoms with Crippen molar-refractivity contribution in [1.29, 1.82) is 0 Å². The van der Waals surface area contributed by atoms with Crippen molar-refractivity contribution < 1.29 is 0 Å². The number of nitrogens with one attached hydrogen (secondary N) is 1. The zero-order chi connectivity index (χ0) is 13.9. The lowest BCUT2D eigenvalue weighted by Gasteiger charge is -2.29. The molecule has 0 bridgehead atoms. The van der Waals surface area contributed by atoms with Crippen LogP contribution in [0.2, 0.25) is 0 Å². The molecule has 1 atom stereocenters. The van der Waals surface area contributed by atoms with E-state index in [1.54, 1.807) is 0 Å². The highest BCUT2D eigenvalue weighted by atomic mass is 79.9. The normalized spacial score (nSPS) is 20.9. The largest absolute Gasteiger partial charge is 0.311 e. The number of halogens is 1. The second kappa shape index (κ2) is 6.38. The summed E-state index contributed by atoms with van der Waals surface area (Å²) in [6.45, 7) is 10.1. The van der Waals surface area contributed by atoms with Crippen LogP contribution < -0.4 is 5.32 Å². The molecule has 1 aliphatic heterocycles. The van der Waals surface area contributed by atoms with Crippen LogP contribution in [0.4, 0.5) is 0 Å². The smallest absolute Gasteiger partial charge is 0.0237 e. The van der Waals surface area contributed by atoms with Gasteiger partial charge < -0.3 is 5.32 Å². The maximum Gasteiger partial charge on any atom is 0.0237 e. The van der Waals surface area contributed by atoms with Gasteiger partial charge in [-0.3, -0.25) is 4.90 Å². The average molecular weight is 325 g/mol. The molecule has 0 saturated carbocycles. The van der Waals surface area contributed by atoms with Gasteiger partial charge >= 0.3 is 0 Å². The quantitative estimate of drug-likeness (QED) is 0.906. The van der Waals surface area contributed by atoms with Crippen molar-refractivity contribution in [3.8, 4) is 0 Å². The second-order valence-corrected chi connectivity index (χ2v) is 7.44. The van der Waals surface area contributed by atoms with Crippen LogP contribution in [-0.4, -0.2) is 29.6 Å². The SMILES string of the molecule is CC(C)(C)NCC1CCCN1Cc1cccc(Br)c1. The van der Waals surface area contributed by atoms with Crippen molar-refractivity contribution in [2.75, 3.05) is 13.1 Å². The van der Waals surface area contributed by atoms with Crippen LogP contribution in [0, 0.1) is 0 Å². The van der Waals surface area contributed by atoms with E-state index in [1.165, 1.54) is 29.4 Å². The van der Waals surface area contributed by atoms with Gasteiger partial charge in [-0.25, -0.2) is 0 Å². The molecule has 1 fully saturated rings. The molecule has 1 unspecified atom stereocenters. The van der Waals surface area contributed by atoms with Gasteiger partial charge in [0.05, 0.1) is 0 Å². The number of benzene rings is 1. The Morgan fingerprint density at radius 1 is 1.37 bits per heavy atom. The van der Waals surface area contributed by atoms with Crippen molar-refractivity contribution in [2.45, 2.75) is 51.7 Å². The number of rotatable bonds is 4. The summed E-state index contributed by atoms with van der Waals surface area (Å²) in [6.07, 6.45) is 2.64. The van der Waals surface area contributed by atoms with E-state index >= 15 is 0 Å². The Bertz CT molecular complexity index is 411. The topological polar surface area (TPSA) is 15.3 Å². The highest BCUT2D eigenvalue weighted by Crippen LogP contribution is 2.21. The highest BCUT2D eigenvalue weighted by Gasteiger charge is 2.25. The maximum absolute atomic E-state index is 3.64. The first-order valence-electron chi connectivity index (χ1n) is 7.17. The lowest BCUT2D eigenvalue weighted by molar-refractivity contribution is 0.226. The zero-order valence-electron chi connectivity index (χ0n) is 12.2. The van der Waals surface area contributed by atoms with Gasteiger partial charge in [-0.15, -0.1) is 0 Å². The van der Waals surface area contributed by atoms with Crippen LogP contribution in [0.15, 0.2) is 28.7 Å². The fourth-order valence-electron chi connectivity index (χ4n) is 2.63. The number of nitrogens with zero attached hydrogens (tertiary/aromatic N) is 1. The minimum Gasteiger partial charge on any atom is -0.311 e. The Hall–Kier alpha value is -0.380. The zero-order valence-corrected chi connectivity index (χ0v) is 13.8. The minimum absolute atomic E-state index is 0.212. The molecule has 0 aromatic heterocycles. The Labute approximate surface area is 125 Å². The van der Waals surface area contributed by atoms with E-state index in [-0.39, 0.29) is 5.54 Å². The first kappa shape index (κ1) is 15.0. The van der Waals surface area contributed by atoms with Gasteiger partial charge in [0.15, 0.2) is 0 Å². The van der Waals surface area contributed by atoms with Gasteiger partial charge in [0.2, 0.25) is 0 Å². The number of hydrogen-bond acceptors (Lipinski definition) is 2. The molecule has 1 aromatic carbocycles. The highest BCUT2D eigenvalue weighted by molar-refractivity contribution is 9.10. The second-order valence-electron chi connectivity index (χ2n) is 6.53. The van der Waals surface area contributed by atoms with Crippen LogP contribution in [0.5, 0.6) is 0 Å². The van der Waals surface area contributed by atoms with E-state index in [0.29, 0.717) is 6.04 Å². The number of hydrogen-bond donors (Lipinski definition) is 1. The summed E-state index contributed by atoms with van der Waals surface area (Å²) in [5, 5.41) is 3.64. The lowest BCUT2D eigenvalue weighted by Crippen LogP contribution is -2.44. The molecule has 0 amide bonds. The van der Waals surface area contributed by atoms with Crippen molar-refractivity contribution in [1.82, 2.24) is 10.2 Å². The summed E-state index contributed by atoms with van der Waals surface area (Å²) in [7, 11) is 0. The molecule has 1 aliphatic rings. The van der Waals surface area contributed by atoms with E-state index in [4.69, 9.17) is 0 Å². The van der Waals surface area contributed by atoms with Crippen LogP contribution >= 0.6 is 15.9 Å². The third kappa shape index (κ3) is 4.90. The van der Waals surface area contributed by atoms with Crippen LogP contribution in [0.1, 0.15) is 39.2 Å². The van der Waals surface area contributed by atoms with Crippen LogP contribution in [0.25, 0.3) is 0 Å². The third-order valence-electron chi connectivity index (χ3n) is 3.64. The third-order valence-corrected chi connectivity index (χ3v) is 4.14. The first-order chi connectivity index (χ1) is 8.94. The van der Waals surface area contributed by atoms with Crippen molar-refractivity contribution in [3.05, 3.63) is 34.3 Å². The fourth-order valence-corrected chi connectivity index (χ4v) is 3.07. The molecule has 2 nitrogen and oxygen atoms in total. The summed E-state index contributed by atoms with van der Waals surface area (Å²) in [5.74, 6) is 0. The molecule has 3 heteroatoms. The molecular weight excluding hydrogens is 300 g/mol. The van der Waals surface area contributed by atoms with E-state index in [2.05, 4.69) is 71.2 Å². The lowest BCUT2D eigenvalue weighted by atomic mass is 10.1. The van der Waals surface area contributed by atoms with Gasteiger partial charge in [-0.1, -0.05) is 28.1 Å². The standard InChI is InChI=1S/C16H25BrN2/c1-16(2,3)18-11-15-8-5-9-19(15)12-13-6-4-7-14(17)10-13/h4,6-7,10,15,18H,5,8-9,11-12H2,1-3H3. The predicted molar refractivity (Wildman–Crippen MR) is 85.3 cm³/mol. The van der Waals surface area contributed by atoms with Crippen LogP contribution in [-0.2, 0) is 6.54 Å². The van der Waals surface area contributed by atoms with Crippen molar-refractivity contribution >= 4 is 15.9 Å². The molecule has 1 N–H and O–H groups in total. The van der Waals surface area contributed by atoms with Crippen LogP contribution in [0.3, 0.4) is 0 Å². The van der Waals surface area contributed by atoms with E-state index in [0.717, 1.165) is 13.1 Å². The van der Waals surface area contributed by atoms with E-state index < -0.39 is 0 Å². The Morgan fingerprint density at radius 2 is 2.16 bits per heavy atom. The maximum atomic E-state index is 3.64. The molecule has 0 radical (unpaired) electrons. The average Bonchev–Trinajstić information content (AvgIpc) is 2.73. The summed E-state index contributed by atoms with van der Waals surface area (Å²) < 4.78 is 1.17. The van der Waals surface area contributed by atoms with Gasteiger partial charge in [0.25, 0.3) is 0 Å². The Balaban J connectivity index is 1.92. The Kier molecular flexibility index (Phi) is 5.04. The fraction of sp³-hybridized carbons (Fsp3) is 0.625. The van der Waals surface area contributed by atoms with Gasteiger partial charge in [0, 0.05) is 29.1 Å². The number of likely N-dealkylation sites (tertiary alicyclic amines) is 1. The molecule has 1 saturated heterocycles. The monoisotopic (exact) mass is 324 g/mol. The molecule has 106 valence electrons. The molecule has 1 heterocycles. The molecular formula is C16H25BrN2. The summed E-state index contributed by atoms with van der Waals surface area (Å²) in [4.78, 5) is 2.61. The molecule has 19 heavy (non-hydrogen) atoms. The summed E-state index contributed by atoms with van der Waals surface area (Å²) >= 11 is 3.55. The van der Waals surface area contributed by atoms with Crippen molar-refractivity contribution in [2.24, 2.45) is 0 Å². The van der Waals surface area contributed by atoms with E-state index in [1.807, 2.05) is 0 Å². The van der Waals surface area contributed by atoms with Crippen molar-refractivity contribution in [3.63, 3.8) is 0 Å². The van der Waals surface area contributed by atoms with Gasteiger partial charge in [-0.2, -0.15) is 0 Å². The minimum atomic E-state index is 0.212. The molecule has 0 aliphatic carbocycles. The predicted octanol–water partition coefficient (Wildman–Crippen LogP) is 3.80. The molecule has 0 spiro atoms. The molecule has 2 rings (SSSR count). The molecule has 1 aromatic rings.